The minimum Gasteiger partial charge on any atom is -0.394 e. The van der Waals surface area contributed by atoms with Crippen LogP contribution >= 0.6 is 0 Å². The van der Waals surface area contributed by atoms with Crippen molar-refractivity contribution in [3.05, 3.63) is 28.4 Å². The number of H-pyrrole nitrogens is 2. The lowest BCUT2D eigenvalue weighted by molar-refractivity contribution is -0.0224. The highest BCUT2D eigenvalue weighted by Crippen LogP contribution is 2.35. The molecule has 0 aromatic carbocycles. The van der Waals surface area contributed by atoms with Crippen LogP contribution in [0.25, 0.3) is 11.0 Å². The molecule has 2 aromatic heterocycles. The lowest BCUT2D eigenvalue weighted by Gasteiger charge is -2.13. The summed E-state index contributed by atoms with van der Waals surface area (Å²) in [5.74, 6) is 0. The van der Waals surface area contributed by atoms with E-state index in [1.807, 2.05) is 0 Å². The molecule has 3 rings (SSSR count). The largest absolute Gasteiger partial charge is 0.394 e. The zero-order valence-corrected chi connectivity index (χ0v) is 9.78. The average Bonchev–Trinajstić information content (AvgIpc) is 2.94. The Kier molecular flexibility index (Phi) is 2.86. The van der Waals surface area contributed by atoms with Crippen molar-refractivity contribution in [2.45, 2.75) is 24.4 Å². The Balaban J connectivity index is 2.06. The third kappa shape index (κ3) is 1.77. The molecule has 19 heavy (non-hydrogen) atoms. The van der Waals surface area contributed by atoms with Crippen molar-refractivity contribution in [1.82, 2.24) is 15.0 Å². The lowest BCUT2D eigenvalue weighted by atomic mass is 10.0. The Morgan fingerprint density at radius 2 is 2.11 bits per heavy atom. The Bertz CT molecular complexity index is 651. The summed E-state index contributed by atoms with van der Waals surface area (Å²) in [6.45, 7) is -0.398. The van der Waals surface area contributed by atoms with Crippen LogP contribution in [0.4, 0.5) is 0 Å². The van der Waals surface area contributed by atoms with Crippen LogP contribution in [-0.2, 0) is 4.74 Å². The van der Waals surface area contributed by atoms with Crippen molar-refractivity contribution in [1.29, 1.82) is 0 Å². The third-order valence-corrected chi connectivity index (χ3v) is 3.35. The predicted molar refractivity (Wildman–Crippen MR) is 63.4 cm³/mol. The van der Waals surface area contributed by atoms with E-state index in [-0.39, 0.29) is 11.1 Å². The van der Waals surface area contributed by atoms with Gasteiger partial charge in [0.15, 0.2) is 0 Å². The smallest absolute Gasteiger partial charge is 0.275 e. The van der Waals surface area contributed by atoms with Crippen LogP contribution in [0, 0.1) is 0 Å². The lowest BCUT2D eigenvalue weighted by Crippen LogP contribution is -2.32. The number of ether oxygens (including phenoxy) is 1. The van der Waals surface area contributed by atoms with Gasteiger partial charge in [0.1, 0.15) is 35.4 Å². The van der Waals surface area contributed by atoms with Gasteiger partial charge in [-0.1, -0.05) is 0 Å². The molecule has 0 bridgehead atoms. The summed E-state index contributed by atoms with van der Waals surface area (Å²) in [4.78, 5) is 20.8. The molecule has 8 nitrogen and oxygen atoms in total. The first-order valence-electron chi connectivity index (χ1n) is 5.80. The number of aliphatic hydroxyl groups excluding tert-OH is 3. The van der Waals surface area contributed by atoms with Crippen molar-refractivity contribution < 1.29 is 20.1 Å². The number of rotatable bonds is 2. The standard InChI is InChI=1S/C11H13N3O5/c15-2-5-8(16)9(17)10(19-5)4-1-12-7-6(4)13-3-14-11(7)18/h1,3,5,8-10,12,15-17H,2H2,(H,13,14,18). The molecule has 2 aromatic rings. The maximum atomic E-state index is 11.6. The van der Waals surface area contributed by atoms with Gasteiger partial charge in [0.25, 0.3) is 5.56 Å². The molecule has 1 aliphatic rings. The van der Waals surface area contributed by atoms with E-state index >= 15 is 0 Å². The van der Waals surface area contributed by atoms with Crippen LogP contribution in [0.3, 0.4) is 0 Å². The Morgan fingerprint density at radius 1 is 1.32 bits per heavy atom. The Hall–Kier alpha value is -1.74. The molecule has 4 atom stereocenters. The summed E-state index contributed by atoms with van der Waals surface area (Å²) in [6.07, 6.45) is -1.29. The molecule has 1 fully saturated rings. The van der Waals surface area contributed by atoms with Gasteiger partial charge in [-0.3, -0.25) is 4.79 Å². The molecule has 102 valence electrons. The first kappa shape index (κ1) is 12.3. The van der Waals surface area contributed by atoms with Gasteiger partial charge in [0.05, 0.1) is 12.9 Å². The highest BCUT2D eigenvalue weighted by molar-refractivity contribution is 5.78. The average molecular weight is 267 g/mol. The zero-order chi connectivity index (χ0) is 13.6. The summed E-state index contributed by atoms with van der Waals surface area (Å²) >= 11 is 0. The minimum atomic E-state index is -1.18. The summed E-state index contributed by atoms with van der Waals surface area (Å²) in [7, 11) is 0. The van der Waals surface area contributed by atoms with E-state index in [9.17, 15) is 15.0 Å². The van der Waals surface area contributed by atoms with Crippen LogP contribution in [0.2, 0.25) is 0 Å². The molecule has 0 spiro atoms. The van der Waals surface area contributed by atoms with Crippen LogP contribution < -0.4 is 5.56 Å². The van der Waals surface area contributed by atoms with Gasteiger partial charge in [0.2, 0.25) is 0 Å². The van der Waals surface area contributed by atoms with Crippen molar-refractivity contribution in [3.63, 3.8) is 0 Å². The van der Waals surface area contributed by atoms with Gasteiger partial charge in [-0.25, -0.2) is 4.98 Å². The van der Waals surface area contributed by atoms with Gasteiger partial charge in [-0.2, -0.15) is 0 Å². The molecule has 3 heterocycles. The van der Waals surface area contributed by atoms with E-state index in [1.165, 1.54) is 12.5 Å². The number of aromatic amines is 2. The number of aromatic nitrogens is 3. The Morgan fingerprint density at radius 3 is 2.79 bits per heavy atom. The third-order valence-electron chi connectivity index (χ3n) is 3.35. The van der Waals surface area contributed by atoms with E-state index in [0.29, 0.717) is 11.1 Å². The van der Waals surface area contributed by atoms with E-state index in [0.717, 1.165) is 0 Å². The summed E-state index contributed by atoms with van der Waals surface area (Å²) < 4.78 is 5.41. The summed E-state index contributed by atoms with van der Waals surface area (Å²) in [5.41, 5.74) is 0.792. The molecule has 8 heteroatoms. The number of nitrogens with zero attached hydrogens (tertiary/aromatic N) is 1. The molecule has 1 saturated heterocycles. The number of fused-ring (bicyclic) bond motifs is 1. The monoisotopic (exact) mass is 267 g/mol. The second-order valence-electron chi connectivity index (χ2n) is 4.46. The quantitative estimate of drug-likeness (QED) is 0.445. The molecule has 5 N–H and O–H groups in total. The first-order valence-corrected chi connectivity index (χ1v) is 5.80. The van der Waals surface area contributed by atoms with Gasteiger partial charge in [-0.15, -0.1) is 0 Å². The van der Waals surface area contributed by atoms with Crippen molar-refractivity contribution in [2.24, 2.45) is 0 Å². The predicted octanol–water partition coefficient (Wildman–Crippen LogP) is -1.59. The maximum absolute atomic E-state index is 11.6. The minimum absolute atomic E-state index is 0.273. The molecule has 0 aliphatic carbocycles. The van der Waals surface area contributed by atoms with Gasteiger partial charge >= 0.3 is 0 Å². The molecular weight excluding hydrogens is 254 g/mol. The van der Waals surface area contributed by atoms with E-state index in [4.69, 9.17) is 9.84 Å². The van der Waals surface area contributed by atoms with Crippen LogP contribution in [-0.4, -0.2) is 55.2 Å². The topological polar surface area (TPSA) is 131 Å². The fourth-order valence-electron chi connectivity index (χ4n) is 2.34. The molecule has 0 saturated carbocycles. The zero-order valence-electron chi connectivity index (χ0n) is 9.78. The number of aliphatic hydroxyl groups is 3. The van der Waals surface area contributed by atoms with Gasteiger partial charge in [0, 0.05) is 11.8 Å². The van der Waals surface area contributed by atoms with Crippen LogP contribution in [0.5, 0.6) is 0 Å². The number of hydrogen-bond acceptors (Lipinski definition) is 6. The van der Waals surface area contributed by atoms with Gasteiger partial charge in [-0.05, 0) is 0 Å². The second-order valence-corrected chi connectivity index (χ2v) is 4.46. The molecular formula is C11H13N3O5. The number of nitrogens with one attached hydrogen (secondary N) is 2. The summed E-state index contributed by atoms with van der Waals surface area (Å²) in [5, 5.41) is 28.7. The second kappa shape index (κ2) is 4.42. The molecule has 0 radical (unpaired) electrons. The fourth-order valence-corrected chi connectivity index (χ4v) is 2.34. The van der Waals surface area contributed by atoms with Crippen LogP contribution in [0.1, 0.15) is 11.7 Å². The van der Waals surface area contributed by atoms with E-state index in [1.54, 1.807) is 0 Å². The normalized spacial score (nSPS) is 31.1. The summed E-state index contributed by atoms with van der Waals surface area (Å²) in [6, 6.07) is 0. The Labute approximate surface area is 106 Å². The SMILES string of the molecule is O=c1[nH]cnc2c(C3OC(CO)C(O)C3O)c[nH]c12. The van der Waals surface area contributed by atoms with Crippen molar-refractivity contribution in [2.75, 3.05) is 6.61 Å². The first-order chi connectivity index (χ1) is 9.13. The molecule has 0 amide bonds. The highest BCUT2D eigenvalue weighted by atomic mass is 16.6. The van der Waals surface area contributed by atoms with Crippen LogP contribution in [0.15, 0.2) is 17.3 Å². The number of hydrogen-bond donors (Lipinski definition) is 5. The highest BCUT2D eigenvalue weighted by Gasteiger charge is 2.44. The molecule has 4 unspecified atom stereocenters. The fraction of sp³-hybridized carbons (Fsp3) is 0.455. The van der Waals surface area contributed by atoms with E-state index in [2.05, 4.69) is 15.0 Å². The molecule has 1 aliphatic heterocycles. The van der Waals surface area contributed by atoms with Gasteiger partial charge < -0.3 is 30.0 Å². The van der Waals surface area contributed by atoms with E-state index < -0.39 is 31.0 Å². The maximum Gasteiger partial charge on any atom is 0.275 e. The van der Waals surface area contributed by atoms with Crippen molar-refractivity contribution in [3.8, 4) is 0 Å². The van der Waals surface area contributed by atoms with Crippen molar-refractivity contribution >= 4 is 11.0 Å².